The Labute approximate surface area is 177 Å². The molecule has 3 aromatic rings. The number of rotatable bonds is 3. The second-order valence-corrected chi connectivity index (χ2v) is 7.60. The minimum atomic E-state index is -0.805. The first-order valence-corrected chi connectivity index (χ1v) is 9.96. The Hall–Kier alpha value is -3.94. The van der Waals surface area contributed by atoms with Gasteiger partial charge in [-0.2, -0.15) is 5.26 Å². The van der Waals surface area contributed by atoms with Crippen LogP contribution in [-0.4, -0.2) is 62.5 Å². The van der Waals surface area contributed by atoms with Crippen LogP contribution < -0.4 is 10.6 Å². The first kappa shape index (κ1) is 20.3. The molecule has 1 aliphatic heterocycles. The predicted molar refractivity (Wildman–Crippen MR) is 112 cm³/mol. The van der Waals surface area contributed by atoms with Gasteiger partial charge >= 0.3 is 11.8 Å². The second-order valence-electron chi connectivity index (χ2n) is 7.60. The maximum atomic E-state index is 12.3. The molecule has 0 saturated carbocycles. The van der Waals surface area contributed by atoms with Crippen LogP contribution in [0.3, 0.4) is 0 Å². The summed E-state index contributed by atoms with van der Waals surface area (Å²) >= 11 is 0. The van der Waals surface area contributed by atoms with Crippen LogP contribution >= 0.6 is 0 Å². The summed E-state index contributed by atoms with van der Waals surface area (Å²) in [6.45, 7) is 3.11. The van der Waals surface area contributed by atoms with Crippen LogP contribution in [0, 0.1) is 17.2 Å². The number of likely N-dealkylation sites (tertiary alicyclic amines) is 1. The molecule has 11 heteroatoms. The SMILES string of the molecule is CNC(=O)C(=O)Nc1[nH]n([C@H]2CN(C(=O)CC#N)CC[C@H]2C)c2c1cnc1nccc12. The van der Waals surface area contributed by atoms with Gasteiger partial charge in [0.1, 0.15) is 12.2 Å². The highest BCUT2D eigenvalue weighted by Crippen LogP contribution is 2.35. The highest BCUT2D eigenvalue weighted by molar-refractivity contribution is 6.40. The zero-order valence-electron chi connectivity index (χ0n) is 17.2. The Bertz CT molecular complexity index is 1220. The quantitative estimate of drug-likeness (QED) is 0.535. The van der Waals surface area contributed by atoms with E-state index in [0.29, 0.717) is 29.9 Å². The average Bonchev–Trinajstić information content (AvgIpc) is 3.38. The number of aromatic nitrogens is 4. The molecule has 160 valence electrons. The Morgan fingerprint density at radius 1 is 1.29 bits per heavy atom. The highest BCUT2D eigenvalue weighted by atomic mass is 16.2. The van der Waals surface area contributed by atoms with Crippen molar-refractivity contribution in [3.63, 3.8) is 0 Å². The van der Waals surface area contributed by atoms with Gasteiger partial charge in [0.05, 0.1) is 23.0 Å². The van der Waals surface area contributed by atoms with Crippen molar-refractivity contribution >= 4 is 45.5 Å². The molecule has 11 nitrogen and oxygen atoms in total. The molecule has 4 heterocycles. The molecule has 0 bridgehead atoms. The van der Waals surface area contributed by atoms with Crippen molar-refractivity contribution in [2.75, 3.05) is 25.5 Å². The minimum Gasteiger partial charge on any atom is -0.351 e. The van der Waals surface area contributed by atoms with Gasteiger partial charge in [0.25, 0.3) is 0 Å². The zero-order chi connectivity index (χ0) is 22.1. The topological polar surface area (TPSA) is 149 Å². The molecule has 1 aliphatic rings. The number of nitrogens with one attached hydrogen (secondary N) is 3. The van der Waals surface area contributed by atoms with Gasteiger partial charge in [-0.3, -0.25) is 24.2 Å². The molecule has 1 fully saturated rings. The summed E-state index contributed by atoms with van der Waals surface area (Å²) in [7, 11) is 1.38. The van der Waals surface area contributed by atoms with E-state index in [9.17, 15) is 14.4 Å². The van der Waals surface area contributed by atoms with Crippen LogP contribution in [0.4, 0.5) is 5.82 Å². The van der Waals surface area contributed by atoms with Gasteiger partial charge < -0.3 is 15.5 Å². The molecule has 0 unspecified atom stereocenters. The van der Waals surface area contributed by atoms with Crippen molar-refractivity contribution in [3.05, 3.63) is 18.5 Å². The average molecular weight is 422 g/mol. The van der Waals surface area contributed by atoms with E-state index < -0.39 is 11.8 Å². The number of piperidine rings is 1. The Kier molecular flexibility index (Phi) is 5.29. The van der Waals surface area contributed by atoms with E-state index in [1.165, 1.54) is 7.05 Å². The van der Waals surface area contributed by atoms with E-state index >= 15 is 0 Å². The number of hydrogen-bond donors (Lipinski definition) is 3. The number of anilines is 1. The number of hydrogen-bond acceptors (Lipinski definition) is 6. The van der Waals surface area contributed by atoms with E-state index in [-0.39, 0.29) is 24.3 Å². The monoisotopic (exact) mass is 422 g/mol. The Morgan fingerprint density at radius 3 is 2.84 bits per heavy atom. The van der Waals surface area contributed by atoms with Crippen molar-refractivity contribution in [3.8, 4) is 6.07 Å². The summed E-state index contributed by atoms with van der Waals surface area (Å²) < 4.78 is 1.91. The number of aromatic amines is 1. The lowest BCUT2D eigenvalue weighted by atomic mass is 9.93. The molecular formula is C20H22N8O3. The molecular weight excluding hydrogens is 400 g/mol. The number of nitrogens with zero attached hydrogens (tertiary/aromatic N) is 5. The number of carbonyl (C=O) groups is 3. The van der Waals surface area contributed by atoms with Crippen LogP contribution in [-0.2, 0) is 14.4 Å². The fourth-order valence-electron chi connectivity index (χ4n) is 4.04. The van der Waals surface area contributed by atoms with E-state index in [2.05, 4.69) is 32.6 Å². The van der Waals surface area contributed by atoms with Gasteiger partial charge in [-0.25, -0.2) is 9.97 Å². The number of pyridine rings is 1. The first-order valence-electron chi connectivity index (χ1n) is 9.96. The van der Waals surface area contributed by atoms with E-state index in [1.807, 2.05) is 16.8 Å². The molecule has 0 radical (unpaired) electrons. The smallest absolute Gasteiger partial charge is 0.314 e. The van der Waals surface area contributed by atoms with Crippen LogP contribution in [0.2, 0.25) is 0 Å². The summed E-state index contributed by atoms with van der Waals surface area (Å²) in [5.41, 5.74) is 1.34. The van der Waals surface area contributed by atoms with Gasteiger partial charge in [0.2, 0.25) is 5.91 Å². The van der Waals surface area contributed by atoms with Crippen LogP contribution in [0.15, 0.2) is 18.5 Å². The molecule has 3 amide bonds. The summed E-state index contributed by atoms with van der Waals surface area (Å²) in [5.74, 6) is -1.22. The normalized spacial score (nSPS) is 18.7. The Morgan fingerprint density at radius 2 is 2.10 bits per heavy atom. The van der Waals surface area contributed by atoms with Crippen molar-refractivity contribution < 1.29 is 14.4 Å². The molecule has 0 spiro atoms. The summed E-state index contributed by atoms with van der Waals surface area (Å²) in [6.07, 6.45) is 3.86. The lowest BCUT2D eigenvalue weighted by Crippen LogP contribution is -2.44. The number of H-pyrrole nitrogens is 1. The van der Waals surface area contributed by atoms with Crippen LogP contribution in [0.1, 0.15) is 25.8 Å². The third-order valence-corrected chi connectivity index (χ3v) is 5.75. The van der Waals surface area contributed by atoms with Gasteiger partial charge in [-0.1, -0.05) is 6.92 Å². The lowest BCUT2D eigenvalue weighted by molar-refractivity contribution is -0.135. The molecule has 0 aromatic carbocycles. The molecule has 1 saturated heterocycles. The maximum absolute atomic E-state index is 12.3. The molecule has 3 aromatic heterocycles. The summed E-state index contributed by atoms with van der Waals surface area (Å²) in [4.78, 5) is 46.6. The third kappa shape index (κ3) is 3.56. The van der Waals surface area contributed by atoms with Crippen LogP contribution in [0.5, 0.6) is 0 Å². The fraction of sp³-hybridized carbons (Fsp3) is 0.400. The maximum Gasteiger partial charge on any atom is 0.314 e. The molecule has 3 N–H and O–H groups in total. The van der Waals surface area contributed by atoms with E-state index in [1.54, 1.807) is 17.3 Å². The minimum absolute atomic E-state index is 0.134. The van der Waals surface area contributed by atoms with E-state index in [0.717, 1.165) is 17.3 Å². The predicted octanol–water partition coefficient (Wildman–Crippen LogP) is 0.920. The number of amides is 3. The van der Waals surface area contributed by atoms with Crippen molar-refractivity contribution in [1.82, 2.24) is 30.0 Å². The lowest BCUT2D eigenvalue weighted by Gasteiger charge is -2.37. The third-order valence-electron chi connectivity index (χ3n) is 5.75. The molecule has 4 rings (SSSR count). The number of fused-ring (bicyclic) bond motifs is 3. The molecule has 31 heavy (non-hydrogen) atoms. The molecule has 2 atom stereocenters. The second kappa shape index (κ2) is 8.06. The number of nitriles is 1. The van der Waals surface area contributed by atoms with Crippen molar-refractivity contribution in [2.45, 2.75) is 25.8 Å². The van der Waals surface area contributed by atoms with Gasteiger partial charge in [0.15, 0.2) is 5.65 Å². The van der Waals surface area contributed by atoms with Gasteiger partial charge in [0, 0.05) is 37.9 Å². The Balaban J connectivity index is 1.81. The largest absolute Gasteiger partial charge is 0.351 e. The number of likely N-dealkylation sites (N-methyl/N-ethyl adjacent to an activating group) is 1. The summed E-state index contributed by atoms with van der Waals surface area (Å²) in [5, 5.41) is 18.4. The number of carbonyl (C=O) groups excluding carboxylic acids is 3. The first-order chi connectivity index (χ1) is 14.9. The fourth-order valence-corrected chi connectivity index (χ4v) is 4.04. The standard InChI is InChI=1S/C20H22N8O3/c1-11-5-8-27(15(29)3-6-21)10-14(11)28-16-12-4-7-23-17(12)24-9-13(16)18(26-28)25-20(31)19(30)22-2/h4,7,9,11,14,26H,3,5,8,10H2,1-2H3,(H,22,30)(H,25,31)/t11-,14+/m1/s1. The summed E-state index contributed by atoms with van der Waals surface area (Å²) in [6, 6.07) is 3.62. The highest BCUT2D eigenvalue weighted by Gasteiger charge is 2.32. The van der Waals surface area contributed by atoms with Gasteiger partial charge in [-0.15, -0.1) is 0 Å². The van der Waals surface area contributed by atoms with Gasteiger partial charge in [-0.05, 0) is 18.4 Å². The van der Waals surface area contributed by atoms with Crippen molar-refractivity contribution in [2.24, 2.45) is 5.92 Å². The van der Waals surface area contributed by atoms with E-state index in [4.69, 9.17) is 5.26 Å². The van der Waals surface area contributed by atoms with Crippen LogP contribution in [0.25, 0.3) is 21.9 Å². The zero-order valence-corrected chi connectivity index (χ0v) is 17.2. The van der Waals surface area contributed by atoms with Crippen molar-refractivity contribution in [1.29, 1.82) is 5.26 Å². The molecule has 0 aliphatic carbocycles.